The van der Waals surface area contributed by atoms with Gasteiger partial charge in [-0.3, -0.25) is 4.79 Å². The zero-order chi connectivity index (χ0) is 16.2. The Morgan fingerprint density at radius 2 is 1.82 bits per heavy atom. The van der Waals surface area contributed by atoms with Crippen LogP contribution in [0.5, 0.6) is 0 Å². The SMILES string of the molecule is CCN1CCN(S(=O)(=O)CC23CCC(CC2=O)C3(C)C)CC1. The Morgan fingerprint density at radius 3 is 2.27 bits per heavy atom. The third-order valence-corrected chi connectivity index (χ3v) is 8.75. The minimum atomic E-state index is -3.36. The first-order valence-corrected chi connectivity index (χ1v) is 10.1. The summed E-state index contributed by atoms with van der Waals surface area (Å²) in [6.07, 6.45) is 2.32. The van der Waals surface area contributed by atoms with Gasteiger partial charge in [0.25, 0.3) is 0 Å². The third kappa shape index (κ3) is 2.26. The van der Waals surface area contributed by atoms with Crippen LogP contribution in [0.2, 0.25) is 0 Å². The van der Waals surface area contributed by atoms with Crippen LogP contribution in [0.4, 0.5) is 0 Å². The van der Waals surface area contributed by atoms with Crippen LogP contribution in [-0.4, -0.2) is 61.9 Å². The maximum atomic E-state index is 12.9. The van der Waals surface area contributed by atoms with Gasteiger partial charge in [0, 0.05) is 38.0 Å². The molecule has 2 saturated carbocycles. The lowest BCUT2D eigenvalue weighted by molar-refractivity contribution is -0.128. The highest BCUT2D eigenvalue weighted by Crippen LogP contribution is 2.64. The van der Waals surface area contributed by atoms with E-state index in [1.54, 1.807) is 4.31 Å². The van der Waals surface area contributed by atoms with Gasteiger partial charge < -0.3 is 4.90 Å². The first-order valence-electron chi connectivity index (χ1n) is 8.46. The summed E-state index contributed by atoms with van der Waals surface area (Å²) in [5.41, 5.74) is -0.819. The van der Waals surface area contributed by atoms with E-state index in [-0.39, 0.29) is 17.0 Å². The zero-order valence-electron chi connectivity index (χ0n) is 14.0. The highest BCUT2D eigenvalue weighted by atomic mass is 32.2. The molecule has 22 heavy (non-hydrogen) atoms. The van der Waals surface area contributed by atoms with Crippen LogP contribution in [0.25, 0.3) is 0 Å². The van der Waals surface area contributed by atoms with Gasteiger partial charge >= 0.3 is 0 Å². The maximum absolute atomic E-state index is 12.9. The molecule has 0 spiro atoms. The van der Waals surface area contributed by atoms with Crippen molar-refractivity contribution in [1.82, 2.24) is 9.21 Å². The molecule has 3 aliphatic rings. The molecule has 0 aromatic carbocycles. The standard InChI is InChI=1S/C16H28N2O3S/c1-4-17-7-9-18(10-8-17)22(20,21)12-16-6-5-13(11-14(16)19)15(16,2)3/h13H,4-12H2,1-3H3. The summed E-state index contributed by atoms with van der Waals surface area (Å²) in [4.78, 5) is 14.8. The van der Waals surface area contributed by atoms with Crippen LogP contribution < -0.4 is 0 Å². The first kappa shape index (κ1) is 16.4. The molecule has 0 amide bonds. The van der Waals surface area contributed by atoms with Gasteiger partial charge in [-0.05, 0) is 30.7 Å². The lowest BCUT2D eigenvalue weighted by atomic mass is 9.70. The van der Waals surface area contributed by atoms with Crippen molar-refractivity contribution in [1.29, 1.82) is 0 Å². The maximum Gasteiger partial charge on any atom is 0.215 e. The van der Waals surface area contributed by atoms with E-state index in [2.05, 4.69) is 25.7 Å². The molecule has 0 aromatic rings. The molecule has 0 N–H and O–H groups in total. The molecule has 2 unspecified atom stereocenters. The number of carbonyl (C=O) groups is 1. The normalized spacial score (nSPS) is 36.1. The average Bonchev–Trinajstić information content (AvgIpc) is 2.81. The first-order chi connectivity index (χ1) is 10.2. The van der Waals surface area contributed by atoms with Crippen LogP contribution in [0, 0.1) is 16.7 Å². The number of Topliss-reactive ketones (excluding diaryl/α,β-unsaturated/α-hetero) is 1. The minimum Gasteiger partial charge on any atom is -0.301 e. The van der Waals surface area contributed by atoms with Gasteiger partial charge in [-0.15, -0.1) is 0 Å². The number of carbonyl (C=O) groups excluding carboxylic acids is 1. The molecule has 6 heteroatoms. The predicted octanol–water partition coefficient (Wildman–Crippen LogP) is 1.35. The molecular formula is C16H28N2O3S. The fourth-order valence-corrected chi connectivity index (χ4v) is 7.04. The predicted molar refractivity (Wildman–Crippen MR) is 86.0 cm³/mol. The molecule has 5 nitrogen and oxygen atoms in total. The van der Waals surface area contributed by atoms with Crippen molar-refractivity contribution in [2.45, 2.75) is 40.0 Å². The number of hydrogen-bond donors (Lipinski definition) is 0. The molecule has 3 rings (SSSR count). The van der Waals surface area contributed by atoms with Gasteiger partial charge in [-0.2, -0.15) is 4.31 Å². The summed E-state index contributed by atoms with van der Waals surface area (Å²) in [6, 6.07) is 0. The van der Waals surface area contributed by atoms with E-state index in [0.717, 1.165) is 32.5 Å². The summed E-state index contributed by atoms with van der Waals surface area (Å²) in [6.45, 7) is 9.97. The van der Waals surface area contributed by atoms with Crippen LogP contribution in [0.3, 0.4) is 0 Å². The van der Waals surface area contributed by atoms with E-state index in [1.165, 1.54) is 0 Å². The highest BCUT2D eigenvalue weighted by molar-refractivity contribution is 7.89. The molecule has 1 heterocycles. The number of rotatable bonds is 4. The number of likely N-dealkylation sites (N-methyl/N-ethyl adjacent to an activating group) is 1. The van der Waals surface area contributed by atoms with Crippen molar-refractivity contribution in [2.24, 2.45) is 16.7 Å². The Hall–Kier alpha value is -0.460. The Kier molecular flexibility index (Phi) is 3.94. The van der Waals surface area contributed by atoms with Gasteiger partial charge in [0.05, 0.1) is 5.75 Å². The van der Waals surface area contributed by atoms with Crippen molar-refractivity contribution in [2.75, 3.05) is 38.5 Å². The topological polar surface area (TPSA) is 57.7 Å². The van der Waals surface area contributed by atoms with Crippen molar-refractivity contribution in [3.8, 4) is 0 Å². The average molecular weight is 328 g/mol. The van der Waals surface area contributed by atoms with E-state index < -0.39 is 15.4 Å². The van der Waals surface area contributed by atoms with Gasteiger partial charge in [-0.25, -0.2) is 8.42 Å². The molecule has 0 radical (unpaired) electrons. The molecule has 2 atom stereocenters. The number of hydrogen-bond acceptors (Lipinski definition) is 4. The Morgan fingerprint density at radius 1 is 1.18 bits per heavy atom. The molecule has 1 saturated heterocycles. The molecule has 2 bridgehead atoms. The number of ketones is 1. The highest BCUT2D eigenvalue weighted by Gasteiger charge is 2.65. The van der Waals surface area contributed by atoms with E-state index in [9.17, 15) is 13.2 Å². The molecule has 1 aliphatic heterocycles. The van der Waals surface area contributed by atoms with Crippen LogP contribution in [0.1, 0.15) is 40.0 Å². The smallest absolute Gasteiger partial charge is 0.215 e. The van der Waals surface area contributed by atoms with Gasteiger partial charge in [0.15, 0.2) is 0 Å². The fraction of sp³-hybridized carbons (Fsp3) is 0.938. The molecule has 0 aromatic heterocycles. The van der Waals surface area contributed by atoms with Gasteiger partial charge in [0.2, 0.25) is 10.0 Å². The number of sulfonamides is 1. The van der Waals surface area contributed by atoms with Crippen molar-refractivity contribution in [3.63, 3.8) is 0 Å². The summed E-state index contributed by atoms with van der Waals surface area (Å²) < 4.78 is 27.4. The largest absolute Gasteiger partial charge is 0.301 e. The Balaban J connectivity index is 1.79. The summed E-state index contributed by atoms with van der Waals surface area (Å²) in [5, 5.41) is 0. The van der Waals surface area contributed by atoms with Crippen LogP contribution >= 0.6 is 0 Å². The lowest BCUT2D eigenvalue weighted by Gasteiger charge is -2.39. The molecule has 126 valence electrons. The van der Waals surface area contributed by atoms with Crippen molar-refractivity contribution in [3.05, 3.63) is 0 Å². The summed E-state index contributed by atoms with van der Waals surface area (Å²) in [5.74, 6) is 0.575. The van der Waals surface area contributed by atoms with Crippen molar-refractivity contribution >= 4 is 15.8 Å². The van der Waals surface area contributed by atoms with Crippen LogP contribution in [-0.2, 0) is 14.8 Å². The second kappa shape index (κ2) is 5.28. The quantitative estimate of drug-likeness (QED) is 0.782. The Bertz CT molecular complexity index is 564. The Labute approximate surface area is 134 Å². The van der Waals surface area contributed by atoms with Gasteiger partial charge in [-0.1, -0.05) is 20.8 Å². The molecular weight excluding hydrogens is 300 g/mol. The van der Waals surface area contributed by atoms with E-state index in [0.29, 0.717) is 25.4 Å². The monoisotopic (exact) mass is 328 g/mol. The fourth-order valence-electron chi connectivity index (χ4n) is 4.83. The zero-order valence-corrected chi connectivity index (χ0v) is 14.8. The molecule has 2 aliphatic carbocycles. The minimum absolute atomic E-state index is 0.0223. The van der Waals surface area contributed by atoms with Crippen LogP contribution in [0.15, 0.2) is 0 Å². The molecule has 3 fully saturated rings. The van der Waals surface area contributed by atoms with E-state index in [1.807, 2.05) is 0 Å². The second-order valence-corrected chi connectivity index (χ2v) is 9.73. The summed E-state index contributed by atoms with van der Waals surface area (Å²) in [7, 11) is -3.36. The van der Waals surface area contributed by atoms with E-state index in [4.69, 9.17) is 0 Å². The van der Waals surface area contributed by atoms with Crippen molar-refractivity contribution < 1.29 is 13.2 Å². The van der Waals surface area contributed by atoms with E-state index >= 15 is 0 Å². The lowest BCUT2D eigenvalue weighted by Crippen LogP contribution is -2.52. The van der Waals surface area contributed by atoms with Gasteiger partial charge in [0.1, 0.15) is 5.78 Å². The number of fused-ring (bicyclic) bond motifs is 2. The summed E-state index contributed by atoms with van der Waals surface area (Å²) >= 11 is 0. The second-order valence-electron chi connectivity index (χ2n) is 7.76. The third-order valence-electron chi connectivity index (χ3n) is 6.74. The number of nitrogens with zero attached hydrogens (tertiary/aromatic N) is 2. The number of piperazine rings is 1.